The van der Waals surface area contributed by atoms with Gasteiger partial charge in [-0.2, -0.15) is 4.37 Å². The van der Waals surface area contributed by atoms with Gasteiger partial charge in [-0.1, -0.05) is 20.8 Å². The molecule has 2 aromatic heterocycles. The summed E-state index contributed by atoms with van der Waals surface area (Å²) in [6, 6.07) is 1.15. The molecule has 0 bridgehead atoms. The number of nitro groups is 1. The number of hydrogen-bond donors (Lipinski definition) is 0. The summed E-state index contributed by atoms with van der Waals surface area (Å²) in [6.45, 7) is 5.94. The third kappa shape index (κ3) is 2.68. The first-order valence-electron chi connectivity index (χ1n) is 5.50. The number of hydrogen-bond acceptors (Lipinski definition) is 6. The monoisotopic (exact) mass is 280 g/mol. The van der Waals surface area contributed by atoms with Crippen LogP contribution in [-0.2, 0) is 5.41 Å². The Morgan fingerprint density at radius 2 is 2.11 bits per heavy atom. The van der Waals surface area contributed by atoms with E-state index in [9.17, 15) is 14.9 Å². The molecule has 2 aromatic rings. The third-order valence-electron chi connectivity index (χ3n) is 2.40. The zero-order chi connectivity index (χ0) is 14.2. The van der Waals surface area contributed by atoms with Crippen molar-refractivity contribution in [1.29, 1.82) is 0 Å². The first-order chi connectivity index (χ1) is 8.79. The molecule has 0 atom stereocenters. The van der Waals surface area contributed by atoms with Crippen molar-refractivity contribution < 1.29 is 4.92 Å². The summed E-state index contributed by atoms with van der Waals surface area (Å²) in [7, 11) is 0. The zero-order valence-electron chi connectivity index (χ0n) is 10.7. The molecule has 0 aliphatic rings. The Labute approximate surface area is 112 Å². The molecule has 7 nitrogen and oxygen atoms in total. The smallest absolute Gasteiger partial charge is 0.292 e. The van der Waals surface area contributed by atoms with Crippen LogP contribution >= 0.6 is 11.5 Å². The van der Waals surface area contributed by atoms with Crippen molar-refractivity contribution in [1.82, 2.24) is 13.9 Å². The van der Waals surface area contributed by atoms with E-state index in [-0.39, 0.29) is 5.41 Å². The minimum absolute atomic E-state index is 0.195. The Kier molecular flexibility index (Phi) is 3.19. The fourth-order valence-electron chi connectivity index (χ4n) is 1.35. The molecule has 0 unspecified atom stereocenters. The van der Waals surface area contributed by atoms with E-state index in [0.717, 1.165) is 23.8 Å². The average Bonchev–Trinajstić information content (AvgIpc) is 2.78. The van der Waals surface area contributed by atoms with Gasteiger partial charge in [0, 0.05) is 29.2 Å². The van der Waals surface area contributed by atoms with Gasteiger partial charge >= 0.3 is 5.69 Å². The second-order valence-electron chi connectivity index (χ2n) is 5.01. The second kappa shape index (κ2) is 4.54. The highest BCUT2D eigenvalue weighted by Crippen LogP contribution is 2.22. The van der Waals surface area contributed by atoms with E-state index in [1.165, 1.54) is 10.8 Å². The van der Waals surface area contributed by atoms with E-state index in [1.807, 2.05) is 20.8 Å². The Balaban J connectivity index is 2.48. The average molecular weight is 280 g/mol. The highest BCUT2D eigenvalue weighted by Gasteiger charge is 2.20. The Morgan fingerprint density at radius 3 is 2.63 bits per heavy atom. The molecule has 0 fully saturated rings. The Morgan fingerprint density at radius 1 is 1.42 bits per heavy atom. The molecule has 0 N–H and O–H groups in total. The van der Waals surface area contributed by atoms with E-state index < -0.39 is 16.0 Å². The van der Waals surface area contributed by atoms with Crippen molar-refractivity contribution in [2.45, 2.75) is 26.2 Å². The summed E-state index contributed by atoms with van der Waals surface area (Å²) in [5.74, 6) is 0.661. The topological polar surface area (TPSA) is 90.9 Å². The van der Waals surface area contributed by atoms with Gasteiger partial charge in [-0.25, -0.2) is 4.98 Å². The summed E-state index contributed by atoms with van der Waals surface area (Å²) in [5, 5.41) is 11.2. The first kappa shape index (κ1) is 13.3. The van der Waals surface area contributed by atoms with Gasteiger partial charge < -0.3 is 0 Å². The van der Waals surface area contributed by atoms with Crippen LogP contribution < -0.4 is 5.43 Å². The summed E-state index contributed by atoms with van der Waals surface area (Å²) >= 11 is 1.13. The predicted molar refractivity (Wildman–Crippen MR) is 70.9 cm³/mol. The molecule has 0 aliphatic heterocycles. The third-order valence-corrected chi connectivity index (χ3v) is 3.13. The molecule has 0 radical (unpaired) electrons. The maximum atomic E-state index is 11.3. The van der Waals surface area contributed by atoms with Crippen molar-refractivity contribution in [3.63, 3.8) is 0 Å². The van der Waals surface area contributed by atoms with Crippen LogP contribution in [0.3, 0.4) is 0 Å². The van der Waals surface area contributed by atoms with Crippen LogP contribution in [0.15, 0.2) is 23.3 Å². The van der Waals surface area contributed by atoms with E-state index >= 15 is 0 Å². The number of aromatic nitrogens is 3. The maximum Gasteiger partial charge on any atom is 0.332 e. The molecule has 100 valence electrons. The van der Waals surface area contributed by atoms with Gasteiger partial charge in [0.25, 0.3) is 5.43 Å². The van der Waals surface area contributed by atoms with Crippen molar-refractivity contribution in [2.75, 3.05) is 0 Å². The molecule has 2 heterocycles. The molecule has 0 amide bonds. The van der Waals surface area contributed by atoms with E-state index in [1.54, 1.807) is 0 Å². The predicted octanol–water partition coefficient (Wildman–Crippen LogP) is 1.89. The lowest BCUT2D eigenvalue weighted by Gasteiger charge is -2.12. The molecule has 19 heavy (non-hydrogen) atoms. The fourth-order valence-corrected chi connectivity index (χ4v) is 2.17. The van der Waals surface area contributed by atoms with Gasteiger partial charge in [-0.05, 0) is 0 Å². The molecule has 0 saturated carbocycles. The summed E-state index contributed by atoms with van der Waals surface area (Å²) in [5.41, 5.74) is -1.29. The first-order valence-corrected chi connectivity index (χ1v) is 6.27. The molecule has 2 rings (SSSR count). The van der Waals surface area contributed by atoms with Crippen LogP contribution in [0.4, 0.5) is 5.69 Å². The Hall–Kier alpha value is -2.09. The molecule has 0 saturated heterocycles. The maximum absolute atomic E-state index is 11.3. The van der Waals surface area contributed by atoms with Gasteiger partial charge in [0.15, 0.2) is 0 Å². The van der Waals surface area contributed by atoms with Gasteiger partial charge in [-0.3, -0.25) is 19.5 Å². The van der Waals surface area contributed by atoms with E-state index in [4.69, 9.17) is 0 Å². The standard InChI is InChI=1S/C11H12N4O3S/c1-11(2,3)9-12-10(19-13-9)14-5-4-8(16)7(6-14)15(17)18/h4-6H,1-3H3. The normalized spacial score (nSPS) is 11.5. The lowest BCUT2D eigenvalue weighted by molar-refractivity contribution is -0.386. The number of nitrogens with zero attached hydrogens (tertiary/aromatic N) is 4. The number of rotatable bonds is 2. The molecule has 0 spiro atoms. The summed E-state index contributed by atoms with van der Waals surface area (Å²) in [4.78, 5) is 25.7. The minimum Gasteiger partial charge on any atom is -0.292 e. The lowest BCUT2D eigenvalue weighted by atomic mass is 9.96. The van der Waals surface area contributed by atoms with Crippen LogP contribution in [0.2, 0.25) is 0 Å². The van der Waals surface area contributed by atoms with Gasteiger partial charge in [0.2, 0.25) is 5.13 Å². The number of pyridine rings is 1. The van der Waals surface area contributed by atoms with Crippen molar-refractivity contribution in [3.05, 3.63) is 44.6 Å². The van der Waals surface area contributed by atoms with E-state index in [0.29, 0.717) is 11.0 Å². The van der Waals surface area contributed by atoms with Crippen LogP contribution in [0, 0.1) is 10.1 Å². The fraction of sp³-hybridized carbons (Fsp3) is 0.364. The highest BCUT2D eigenvalue weighted by atomic mass is 32.1. The largest absolute Gasteiger partial charge is 0.332 e. The minimum atomic E-state index is -0.704. The van der Waals surface area contributed by atoms with Crippen LogP contribution in [-0.4, -0.2) is 18.8 Å². The van der Waals surface area contributed by atoms with Crippen molar-refractivity contribution in [2.24, 2.45) is 0 Å². The van der Waals surface area contributed by atoms with Crippen molar-refractivity contribution >= 4 is 17.2 Å². The van der Waals surface area contributed by atoms with Gasteiger partial charge in [-0.15, -0.1) is 0 Å². The summed E-state index contributed by atoms with van der Waals surface area (Å²) in [6.07, 6.45) is 2.61. The molecule has 0 aliphatic carbocycles. The van der Waals surface area contributed by atoms with Crippen LogP contribution in [0.1, 0.15) is 26.6 Å². The Bertz CT molecular complexity index is 684. The summed E-state index contributed by atoms with van der Waals surface area (Å²) < 4.78 is 5.66. The van der Waals surface area contributed by atoms with E-state index in [2.05, 4.69) is 9.36 Å². The quantitative estimate of drug-likeness (QED) is 0.619. The van der Waals surface area contributed by atoms with Crippen LogP contribution in [0.25, 0.3) is 5.13 Å². The molecule has 8 heteroatoms. The SMILES string of the molecule is CC(C)(C)c1nsc(-n2ccc(=O)c([N+](=O)[O-])c2)n1. The van der Waals surface area contributed by atoms with Gasteiger partial charge in [0.05, 0.1) is 11.1 Å². The van der Waals surface area contributed by atoms with Crippen LogP contribution in [0.5, 0.6) is 0 Å². The van der Waals surface area contributed by atoms with Crippen molar-refractivity contribution in [3.8, 4) is 5.13 Å². The molecule has 0 aromatic carbocycles. The van der Waals surface area contributed by atoms with Gasteiger partial charge in [0.1, 0.15) is 5.82 Å². The highest BCUT2D eigenvalue weighted by molar-refractivity contribution is 7.08. The molecular weight excluding hydrogens is 268 g/mol. The lowest BCUT2D eigenvalue weighted by Crippen LogP contribution is -2.14. The molecular formula is C11H12N4O3S. The zero-order valence-corrected chi connectivity index (χ0v) is 11.5. The second-order valence-corrected chi connectivity index (χ2v) is 5.74.